The van der Waals surface area contributed by atoms with E-state index in [1.807, 2.05) is 0 Å². The smallest absolute Gasteiger partial charge is 0.335 e. The van der Waals surface area contributed by atoms with E-state index in [0.717, 1.165) is 0 Å². The molecule has 21 heavy (non-hydrogen) atoms. The number of aromatic carboxylic acids is 1. The summed E-state index contributed by atoms with van der Waals surface area (Å²) in [6.45, 7) is 0. The van der Waals surface area contributed by atoms with Gasteiger partial charge in [0.25, 0.3) is 5.89 Å². The fourth-order valence-corrected chi connectivity index (χ4v) is 1.85. The highest BCUT2D eigenvalue weighted by Crippen LogP contribution is 2.22. The highest BCUT2D eigenvalue weighted by Gasteiger charge is 2.13. The Kier molecular flexibility index (Phi) is 3.37. The van der Waals surface area contributed by atoms with Gasteiger partial charge in [-0.2, -0.15) is 4.98 Å². The summed E-state index contributed by atoms with van der Waals surface area (Å²) in [6.07, 6.45) is 1.48. The van der Waals surface area contributed by atoms with Crippen LogP contribution in [0.5, 0.6) is 0 Å². The van der Waals surface area contributed by atoms with Gasteiger partial charge in [0, 0.05) is 11.8 Å². The van der Waals surface area contributed by atoms with Gasteiger partial charge in [-0.1, -0.05) is 22.8 Å². The minimum Gasteiger partial charge on any atom is -0.478 e. The van der Waals surface area contributed by atoms with Gasteiger partial charge in [-0.25, -0.2) is 4.79 Å². The van der Waals surface area contributed by atoms with Crippen LogP contribution in [-0.2, 0) is 0 Å². The van der Waals surface area contributed by atoms with Crippen molar-refractivity contribution in [1.29, 1.82) is 0 Å². The number of carboxylic acid groups (broad SMARTS) is 1. The quantitative estimate of drug-likeness (QED) is 0.799. The molecule has 0 bridgehead atoms. The summed E-state index contributed by atoms with van der Waals surface area (Å²) < 4.78 is 5.14. The molecular formula is C14H8ClN3O3. The first-order valence-electron chi connectivity index (χ1n) is 5.93. The van der Waals surface area contributed by atoms with Gasteiger partial charge in [-0.05, 0) is 30.3 Å². The van der Waals surface area contributed by atoms with Crippen LogP contribution in [0.2, 0.25) is 5.02 Å². The van der Waals surface area contributed by atoms with Crippen LogP contribution in [0.4, 0.5) is 0 Å². The van der Waals surface area contributed by atoms with Gasteiger partial charge in [0.1, 0.15) is 5.69 Å². The molecule has 0 amide bonds. The molecule has 0 fully saturated rings. The number of carboxylic acids is 1. The van der Waals surface area contributed by atoms with E-state index >= 15 is 0 Å². The third-order valence-electron chi connectivity index (χ3n) is 2.74. The lowest BCUT2D eigenvalue weighted by Crippen LogP contribution is -1.95. The highest BCUT2D eigenvalue weighted by molar-refractivity contribution is 6.30. The van der Waals surface area contributed by atoms with Crippen LogP contribution in [0.25, 0.3) is 23.0 Å². The molecule has 6 nitrogen and oxygen atoms in total. The number of pyridine rings is 1. The second kappa shape index (κ2) is 5.34. The van der Waals surface area contributed by atoms with Gasteiger partial charge in [-0.15, -0.1) is 0 Å². The summed E-state index contributed by atoms with van der Waals surface area (Å²) in [6, 6.07) is 9.61. The second-order valence-corrected chi connectivity index (χ2v) is 4.61. The number of hydrogen-bond acceptors (Lipinski definition) is 5. The van der Waals surface area contributed by atoms with Gasteiger partial charge >= 0.3 is 5.97 Å². The van der Waals surface area contributed by atoms with Crippen LogP contribution in [0, 0.1) is 0 Å². The van der Waals surface area contributed by atoms with Crippen molar-refractivity contribution in [2.24, 2.45) is 0 Å². The maximum atomic E-state index is 11.0. The summed E-state index contributed by atoms with van der Waals surface area (Å²) in [5.74, 6) is -0.483. The molecule has 0 atom stereocenters. The molecule has 7 heteroatoms. The van der Waals surface area contributed by atoms with Gasteiger partial charge in [-0.3, -0.25) is 4.98 Å². The van der Waals surface area contributed by atoms with Crippen LogP contribution < -0.4 is 0 Å². The summed E-state index contributed by atoms with van der Waals surface area (Å²) in [5.41, 5.74) is 1.20. The van der Waals surface area contributed by atoms with E-state index in [0.29, 0.717) is 22.1 Å². The molecule has 0 saturated carbocycles. The topological polar surface area (TPSA) is 89.1 Å². The first-order valence-corrected chi connectivity index (χ1v) is 6.30. The zero-order valence-electron chi connectivity index (χ0n) is 10.5. The minimum absolute atomic E-state index is 0.150. The maximum absolute atomic E-state index is 11.0. The van der Waals surface area contributed by atoms with E-state index in [1.165, 1.54) is 18.3 Å². The van der Waals surface area contributed by atoms with E-state index in [4.69, 9.17) is 21.2 Å². The Balaban J connectivity index is 1.96. The maximum Gasteiger partial charge on any atom is 0.335 e. The van der Waals surface area contributed by atoms with Crippen molar-refractivity contribution in [2.45, 2.75) is 0 Å². The van der Waals surface area contributed by atoms with Crippen molar-refractivity contribution in [3.05, 3.63) is 53.2 Å². The number of carbonyl (C=O) groups is 1. The van der Waals surface area contributed by atoms with Crippen molar-refractivity contribution in [1.82, 2.24) is 15.1 Å². The molecule has 0 unspecified atom stereocenters. The summed E-state index contributed by atoms with van der Waals surface area (Å²) >= 11 is 5.76. The minimum atomic E-state index is -1.02. The number of nitrogens with zero attached hydrogens (tertiary/aromatic N) is 3. The molecule has 0 radical (unpaired) electrons. The Bertz CT molecular complexity index is 799. The Morgan fingerprint density at radius 2 is 2.10 bits per heavy atom. The Labute approximate surface area is 124 Å². The van der Waals surface area contributed by atoms with Gasteiger partial charge in [0.15, 0.2) is 0 Å². The molecule has 0 aliphatic rings. The lowest BCUT2D eigenvalue weighted by molar-refractivity contribution is 0.0697. The van der Waals surface area contributed by atoms with Crippen molar-refractivity contribution in [2.75, 3.05) is 0 Å². The first kappa shape index (κ1) is 13.3. The highest BCUT2D eigenvalue weighted by atomic mass is 35.5. The molecule has 3 aromatic rings. The molecule has 1 N–H and O–H groups in total. The molecule has 3 rings (SSSR count). The zero-order valence-corrected chi connectivity index (χ0v) is 11.3. The number of benzene rings is 1. The number of rotatable bonds is 3. The average Bonchev–Trinajstić information content (AvgIpc) is 2.98. The molecule has 0 spiro atoms. The fraction of sp³-hybridized carbons (Fsp3) is 0. The number of hydrogen-bond donors (Lipinski definition) is 1. The van der Waals surface area contributed by atoms with Gasteiger partial charge in [0.05, 0.1) is 10.6 Å². The molecular weight excluding hydrogens is 294 g/mol. The van der Waals surface area contributed by atoms with Crippen molar-refractivity contribution >= 4 is 17.6 Å². The van der Waals surface area contributed by atoms with Crippen LogP contribution in [-0.4, -0.2) is 26.2 Å². The van der Waals surface area contributed by atoms with Gasteiger partial charge in [0.2, 0.25) is 5.82 Å². The largest absolute Gasteiger partial charge is 0.478 e. The predicted octanol–water partition coefficient (Wildman–Crippen LogP) is 3.15. The SMILES string of the molecule is O=C(O)c1cccc(-c2nc(-c3ccc(Cl)cn3)no2)c1. The van der Waals surface area contributed by atoms with Crippen molar-refractivity contribution in [3.63, 3.8) is 0 Å². The molecule has 104 valence electrons. The summed E-state index contributed by atoms with van der Waals surface area (Å²) in [4.78, 5) is 19.2. The van der Waals surface area contributed by atoms with Crippen LogP contribution in [0.15, 0.2) is 47.1 Å². The van der Waals surface area contributed by atoms with E-state index in [9.17, 15) is 4.79 Å². The summed E-state index contributed by atoms with van der Waals surface area (Å²) in [7, 11) is 0. The van der Waals surface area contributed by atoms with Gasteiger partial charge < -0.3 is 9.63 Å². The summed E-state index contributed by atoms with van der Waals surface area (Å²) in [5, 5.41) is 13.3. The second-order valence-electron chi connectivity index (χ2n) is 4.17. The lowest BCUT2D eigenvalue weighted by atomic mass is 10.1. The first-order chi connectivity index (χ1) is 10.1. The molecule has 0 aliphatic carbocycles. The monoisotopic (exact) mass is 301 g/mol. The third-order valence-corrected chi connectivity index (χ3v) is 2.96. The fourth-order valence-electron chi connectivity index (χ4n) is 1.74. The van der Waals surface area contributed by atoms with E-state index < -0.39 is 5.97 Å². The van der Waals surface area contributed by atoms with E-state index in [-0.39, 0.29) is 11.5 Å². The Hall–Kier alpha value is -2.73. The van der Waals surface area contributed by atoms with Crippen LogP contribution in [0.1, 0.15) is 10.4 Å². The third kappa shape index (κ3) is 2.75. The van der Waals surface area contributed by atoms with E-state index in [1.54, 1.807) is 24.3 Å². The molecule has 2 heterocycles. The van der Waals surface area contributed by atoms with E-state index in [2.05, 4.69) is 15.1 Å². The predicted molar refractivity (Wildman–Crippen MR) is 74.9 cm³/mol. The molecule has 0 aliphatic heterocycles. The van der Waals surface area contributed by atoms with Crippen molar-refractivity contribution < 1.29 is 14.4 Å². The Morgan fingerprint density at radius 3 is 2.81 bits per heavy atom. The standard InChI is InChI=1S/C14H8ClN3O3/c15-10-4-5-11(16-7-10)12-17-13(21-18-12)8-2-1-3-9(6-8)14(19)20/h1-7H,(H,19,20). The number of halogens is 1. The Morgan fingerprint density at radius 1 is 1.24 bits per heavy atom. The lowest BCUT2D eigenvalue weighted by Gasteiger charge is -1.96. The molecule has 0 saturated heterocycles. The van der Waals surface area contributed by atoms with Crippen LogP contribution >= 0.6 is 11.6 Å². The molecule has 1 aromatic carbocycles. The van der Waals surface area contributed by atoms with Crippen LogP contribution in [0.3, 0.4) is 0 Å². The number of aromatic nitrogens is 3. The normalized spacial score (nSPS) is 10.5. The van der Waals surface area contributed by atoms with Crippen molar-refractivity contribution in [3.8, 4) is 23.0 Å². The average molecular weight is 302 g/mol. The molecule has 2 aromatic heterocycles. The zero-order chi connectivity index (χ0) is 14.8.